The lowest BCUT2D eigenvalue weighted by Gasteiger charge is -2.42. The van der Waals surface area contributed by atoms with Crippen LogP contribution in [0.25, 0.3) is 0 Å². The fourth-order valence-electron chi connectivity index (χ4n) is 8.81. The fourth-order valence-corrected chi connectivity index (χ4v) is 8.81. The zero-order valence-electron chi connectivity index (χ0n) is 26.2. The molecule has 236 valence electrons. The van der Waals surface area contributed by atoms with Crippen LogP contribution in [0.2, 0.25) is 0 Å². The lowest BCUT2D eigenvalue weighted by Crippen LogP contribution is -2.59. The first-order valence-electron chi connectivity index (χ1n) is 16.0. The van der Waals surface area contributed by atoms with Crippen molar-refractivity contribution in [2.75, 3.05) is 9.80 Å². The largest absolute Gasteiger partial charge is 0.384 e. The minimum absolute atomic E-state index is 0.228. The highest BCUT2D eigenvalue weighted by Gasteiger charge is 2.82. The molecule has 5 aromatic rings. The van der Waals surface area contributed by atoms with Crippen molar-refractivity contribution >= 4 is 34.9 Å². The maximum Gasteiger partial charge on any atom is 0.248 e. The number of nitrogens with zero attached hydrogens (tertiary/aromatic N) is 2. The molecule has 0 saturated heterocycles. The maximum absolute atomic E-state index is 15.5. The molecule has 48 heavy (non-hydrogen) atoms. The number of fused-ring (bicyclic) bond motifs is 4. The maximum atomic E-state index is 15.5. The van der Waals surface area contributed by atoms with Crippen molar-refractivity contribution in [3.8, 4) is 0 Å². The molecule has 0 bridgehead atoms. The van der Waals surface area contributed by atoms with Crippen LogP contribution < -0.4 is 9.80 Å². The Labute approximate surface area is 278 Å². The van der Waals surface area contributed by atoms with E-state index >= 15 is 14.4 Å². The number of imide groups is 1. The molecule has 4 atom stereocenters. The Bertz CT molecular complexity index is 2120. The molecule has 3 aliphatic rings. The lowest BCUT2D eigenvalue weighted by molar-refractivity contribution is -0.137. The number of ketones is 1. The van der Waals surface area contributed by atoms with E-state index in [1.165, 1.54) is 6.92 Å². The van der Waals surface area contributed by atoms with Crippen molar-refractivity contribution in [1.82, 2.24) is 0 Å². The molecule has 8 rings (SSSR count). The minimum Gasteiger partial charge on any atom is -0.384 e. The van der Waals surface area contributed by atoms with Gasteiger partial charge in [-0.1, -0.05) is 127 Å². The highest BCUT2D eigenvalue weighted by Crippen LogP contribution is 2.71. The highest BCUT2D eigenvalue weighted by atomic mass is 16.3. The second kappa shape index (κ2) is 10.7. The van der Waals surface area contributed by atoms with Crippen LogP contribution >= 0.6 is 0 Å². The molecule has 3 amide bonds. The fraction of sp³-hybridized carbons (Fsp3) is 0.171. The quantitative estimate of drug-likeness (QED) is 0.237. The zero-order valence-corrected chi connectivity index (χ0v) is 26.2. The Hall–Kier alpha value is -5.66. The summed E-state index contributed by atoms with van der Waals surface area (Å²) in [6.45, 7) is 1.52. The van der Waals surface area contributed by atoms with Gasteiger partial charge in [0.15, 0.2) is 5.78 Å². The van der Waals surface area contributed by atoms with Gasteiger partial charge in [-0.15, -0.1) is 0 Å². The van der Waals surface area contributed by atoms with E-state index in [9.17, 15) is 9.90 Å². The second-order valence-corrected chi connectivity index (χ2v) is 12.9. The molecule has 7 nitrogen and oxygen atoms in total. The number of amides is 3. The molecule has 7 heteroatoms. The standard InChI is InChI=1S/C41H32N2O5/c1-27(44)43-34-24-14-12-22-32(34)41(38(43)47)36(35(45)29-17-7-3-8-18-29)39(26-40(41,48)30-19-9-4-10-20-30)31-21-11-13-23-33(31)42(37(39)46)25-28-15-5-2-6-16-28/h2-24,36,48H,25-26H2,1H3/t36-,39-,40+,41+/m0/s1. The third-order valence-corrected chi connectivity index (χ3v) is 10.6. The Balaban J connectivity index is 1.50. The van der Waals surface area contributed by atoms with E-state index in [0.717, 1.165) is 10.5 Å². The Morgan fingerprint density at radius 3 is 1.88 bits per heavy atom. The number of rotatable bonds is 5. The van der Waals surface area contributed by atoms with Gasteiger partial charge in [-0.3, -0.25) is 19.2 Å². The SMILES string of the molecule is CC(=O)N1C(=O)[C@@]2(c3ccccc31)[C@@H](C(=O)c1ccccc1)[C@@]1(C[C@@]2(O)c2ccccc2)C(=O)N(Cc2ccccc2)c2ccccc21. The molecule has 2 spiro atoms. The van der Waals surface area contributed by atoms with Crippen LogP contribution in [0.1, 0.15) is 46.0 Å². The average molecular weight is 633 g/mol. The molecule has 5 aromatic carbocycles. The summed E-state index contributed by atoms with van der Waals surface area (Å²) in [7, 11) is 0. The number of benzene rings is 5. The van der Waals surface area contributed by atoms with E-state index in [1.54, 1.807) is 89.8 Å². The van der Waals surface area contributed by atoms with Crippen LogP contribution in [0.4, 0.5) is 11.4 Å². The van der Waals surface area contributed by atoms with Crippen LogP contribution in [0.5, 0.6) is 0 Å². The van der Waals surface area contributed by atoms with E-state index in [0.29, 0.717) is 33.6 Å². The summed E-state index contributed by atoms with van der Waals surface area (Å²) in [6.07, 6.45) is -0.264. The van der Waals surface area contributed by atoms with Gasteiger partial charge in [0.25, 0.3) is 0 Å². The van der Waals surface area contributed by atoms with Gasteiger partial charge in [-0.2, -0.15) is 0 Å². The van der Waals surface area contributed by atoms with Gasteiger partial charge in [0, 0.05) is 24.6 Å². The van der Waals surface area contributed by atoms with Crippen LogP contribution in [-0.2, 0) is 37.4 Å². The summed E-state index contributed by atoms with van der Waals surface area (Å²) >= 11 is 0. The van der Waals surface area contributed by atoms with E-state index in [4.69, 9.17) is 0 Å². The smallest absolute Gasteiger partial charge is 0.248 e. The summed E-state index contributed by atoms with van der Waals surface area (Å²) in [4.78, 5) is 62.4. The van der Waals surface area contributed by atoms with Crippen molar-refractivity contribution in [3.63, 3.8) is 0 Å². The Morgan fingerprint density at radius 1 is 0.688 bits per heavy atom. The zero-order chi connectivity index (χ0) is 33.3. The molecule has 2 aliphatic heterocycles. The topological polar surface area (TPSA) is 95.0 Å². The van der Waals surface area contributed by atoms with Crippen LogP contribution in [0, 0.1) is 5.92 Å². The van der Waals surface area contributed by atoms with Gasteiger partial charge in [0.05, 0.1) is 23.6 Å². The third kappa shape index (κ3) is 3.73. The second-order valence-electron chi connectivity index (χ2n) is 12.9. The molecular formula is C41H32N2O5. The average Bonchev–Trinajstić information content (AvgIpc) is 3.63. The first-order chi connectivity index (χ1) is 23.3. The Morgan fingerprint density at radius 2 is 1.23 bits per heavy atom. The van der Waals surface area contributed by atoms with Gasteiger partial charge in [0.2, 0.25) is 17.7 Å². The van der Waals surface area contributed by atoms with E-state index in [-0.39, 0.29) is 18.9 Å². The predicted molar refractivity (Wildman–Crippen MR) is 181 cm³/mol. The highest BCUT2D eigenvalue weighted by molar-refractivity contribution is 6.27. The van der Waals surface area contributed by atoms with Crippen molar-refractivity contribution in [3.05, 3.63) is 167 Å². The first kappa shape index (κ1) is 29.7. The predicted octanol–water partition coefficient (Wildman–Crippen LogP) is 6.09. The van der Waals surface area contributed by atoms with Crippen LogP contribution in [0.15, 0.2) is 140 Å². The molecule has 0 aromatic heterocycles. The van der Waals surface area contributed by atoms with Crippen LogP contribution in [0.3, 0.4) is 0 Å². The molecule has 0 unspecified atom stereocenters. The number of Topliss-reactive ketones (excluding diaryl/α,β-unsaturated/α-hetero) is 1. The van der Waals surface area contributed by atoms with Gasteiger partial charge >= 0.3 is 0 Å². The monoisotopic (exact) mass is 632 g/mol. The van der Waals surface area contributed by atoms with E-state index < -0.39 is 39.9 Å². The summed E-state index contributed by atoms with van der Waals surface area (Å²) in [5, 5.41) is 13.6. The lowest BCUT2D eigenvalue weighted by atomic mass is 9.58. The van der Waals surface area contributed by atoms with E-state index in [2.05, 4.69) is 0 Å². The van der Waals surface area contributed by atoms with Gasteiger partial charge < -0.3 is 10.0 Å². The van der Waals surface area contributed by atoms with Gasteiger partial charge in [0.1, 0.15) is 11.0 Å². The van der Waals surface area contributed by atoms with E-state index in [1.807, 2.05) is 54.6 Å². The normalized spacial score (nSPS) is 25.5. The molecule has 1 saturated carbocycles. The van der Waals surface area contributed by atoms with Crippen molar-refractivity contribution < 1.29 is 24.3 Å². The Kier molecular flexibility index (Phi) is 6.62. The summed E-state index contributed by atoms with van der Waals surface area (Å²) < 4.78 is 0. The minimum atomic E-state index is -2.09. The summed E-state index contributed by atoms with van der Waals surface area (Å²) in [5.41, 5.74) is -2.42. The van der Waals surface area contributed by atoms with Gasteiger partial charge in [-0.25, -0.2) is 4.90 Å². The molecule has 0 radical (unpaired) electrons. The third-order valence-electron chi connectivity index (χ3n) is 10.6. The van der Waals surface area contributed by atoms with Crippen LogP contribution in [-0.4, -0.2) is 28.6 Å². The number of hydrogen-bond donors (Lipinski definition) is 1. The molecule has 1 aliphatic carbocycles. The molecule has 1 fully saturated rings. The summed E-state index contributed by atoms with van der Waals surface area (Å²) in [5.74, 6) is -3.53. The number of carbonyl (C=O) groups is 4. The molecular weight excluding hydrogens is 600 g/mol. The van der Waals surface area contributed by atoms with Crippen molar-refractivity contribution in [2.24, 2.45) is 5.92 Å². The molecule has 2 heterocycles. The number of aliphatic hydroxyl groups is 1. The van der Waals surface area contributed by atoms with Crippen molar-refractivity contribution in [2.45, 2.75) is 36.3 Å². The number of carbonyl (C=O) groups excluding carboxylic acids is 4. The number of hydrogen-bond acceptors (Lipinski definition) is 5. The number of para-hydroxylation sites is 2. The molecule has 1 N–H and O–H groups in total. The van der Waals surface area contributed by atoms with Gasteiger partial charge in [-0.05, 0) is 34.4 Å². The summed E-state index contributed by atoms with van der Waals surface area (Å²) in [6, 6.07) is 41.2. The first-order valence-corrected chi connectivity index (χ1v) is 16.0. The number of anilines is 2. The van der Waals surface area contributed by atoms with Crippen molar-refractivity contribution in [1.29, 1.82) is 0 Å².